The van der Waals surface area contributed by atoms with Gasteiger partial charge in [0, 0.05) is 6.20 Å². The fourth-order valence-corrected chi connectivity index (χ4v) is 1.58. The van der Waals surface area contributed by atoms with E-state index in [1.807, 2.05) is 0 Å². The van der Waals surface area contributed by atoms with Crippen LogP contribution in [-0.4, -0.2) is 20.0 Å². The van der Waals surface area contributed by atoms with E-state index in [4.69, 9.17) is 0 Å². The molecule has 0 aliphatic heterocycles. The SMILES string of the molecule is CCOS(=O)(=O)c1ccc[nH]1.[H-].[Na+]. The Morgan fingerprint density at radius 3 is 2.75 bits per heavy atom. The van der Waals surface area contributed by atoms with Gasteiger partial charge in [-0.3, -0.25) is 4.18 Å². The van der Waals surface area contributed by atoms with Crippen LogP contribution in [0.5, 0.6) is 0 Å². The number of nitrogens with one attached hydrogen (secondary N) is 1. The first-order valence-electron chi connectivity index (χ1n) is 3.19. The number of hydrogen-bond acceptors (Lipinski definition) is 3. The van der Waals surface area contributed by atoms with Gasteiger partial charge in [-0.05, 0) is 19.1 Å². The molecule has 0 radical (unpaired) electrons. The number of hydrogen-bond donors (Lipinski definition) is 1. The zero-order valence-electron chi connectivity index (χ0n) is 8.07. The predicted octanol–water partition coefficient (Wildman–Crippen LogP) is -2.14. The molecule has 6 heteroatoms. The van der Waals surface area contributed by atoms with E-state index in [0.29, 0.717) is 0 Å². The molecule has 64 valence electrons. The predicted molar refractivity (Wildman–Crippen MR) is 40.7 cm³/mol. The van der Waals surface area contributed by atoms with Gasteiger partial charge in [-0.1, -0.05) is 0 Å². The summed E-state index contributed by atoms with van der Waals surface area (Å²) in [7, 11) is -3.52. The summed E-state index contributed by atoms with van der Waals surface area (Å²) >= 11 is 0. The molecule has 0 aliphatic carbocycles. The third-order valence-corrected chi connectivity index (χ3v) is 2.45. The average Bonchev–Trinajstić information content (AvgIpc) is 2.37. The Bertz CT molecular complexity index is 311. The molecule has 1 aromatic heterocycles. The molecule has 0 bridgehead atoms. The minimum Gasteiger partial charge on any atom is -1.00 e. The first-order valence-corrected chi connectivity index (χ1v) is 4.60. The van der Waals surface area contributed by atoms with E-state index >= 15 is 0 Å². The molecular formula is C6H10NNaO3S. The maximum atomic E-state index is 11.0. The van der Waals surface area contributed by atoms with Crippen LogP contribution in [0.25, 0.3) is 0 Å². The Labute approximate surface area is 95.2 Å². The quantitative estimate of drug-likeness (QED) is 0.446. The van der Waals surface area contributed by atoms with E-state index in [1.165, 1.54) is 12.3 Å². The van der Waals surface area contributed by atoms with E-state index in [-0.39, 0.29) is 42.6 Å². The minimum absolute atomic E-state index is 0. The normalized spacial score (nSPS) is 10.8. The number of aromatic amines is 1. The van der Waals surface area contributed by atoms with E-state index in [1.54, 1.807) is 13.0 Å². The van der Waals surface area contributed by atoms with Crippen molar-refractivity contribution in [3.63, 3.8) is 0 Å². The van der Waals surface area contributed by atoms with Gasteiger partial charge >= 0.3 is 39.7 Å². The van der Waals surface area contributed by atoms with Gasteiger partial charge in [-0.25, -0.2) is 0 Å². The fraction of sp³-hybridized carbons (Fsp3) is 0.333. The van der Waals surface area contributed by atoms with Crippen LogP contribution in [0.1, 0.15) is 8.35 Å². The van der Waals surface area contributed by atoms with Gasteiger partial charge in [0.15, 0.2) is 5.03 Å². The van der Waals surface area contributed by atoms with E-state index in [0.717, 1.165) is 0 Å². The Hall–Kier alpha value is 0.190. The van der Waals surface area contributed by atoms with Crippen molar-refractivity contribution in [1.29, 1.82) is 0 Å². The van der Waals surface area contributed by atoms with Gasteiger partial charge in [-0.2, -0.15) is 8.42 Å². The molecule has 0 unspecified atom stereocenters. The molecule has 0 aromatic carbocycles. The van der Waals surface area contributed by atoms with Crippen LogP contribution in [0.4, 0.5) is 0 Å². The van der Waals surface area contributed by atoms with Gasteiger partial charge in [0.25, 0.3) is 0 Å². The van der Waals surface area contributed by atoms with Crippen molar-refractivity contribution in [2.45, 2.75) is 11.9 Å². The second-order valence-corrected chi connectivity index (χ2v) is 3.48. The standard InChI is InChI=1S/C6H9NO3S.Na.H/c1-2-10-11(8,9)6-4-3-5-7-6;;/h3-5,7H,2H2,1H3;;/q;+1;-1. The summed E-state index contributed by atoms with van der Waals surface area (Å²) in [5, 5.41) is 0.0966. The summed E-state index contributed by atoms with van der Waals surface area (Å²) in [4.78, 5) is 2.55. The summed E-state index contributed by atoms with van der Waals surface area (Å²) in [6.45, 7) is 1.78. The van der Waals surface area contributed by atoms with E-state index in [2.05, 4.69) is 9.17 Å². The van der Waals surface area contributed by atoms with Gasteiger partial charge in [0.1, 0.15) is 0 Å². The van der Waals surface area contributed by atoms with Crippen LogP contribution in [0, 0.1) is 0 Å². The summed E-state index contributed by atoms with van der Waals surface area (Å²) < 4.78 is 26.6. The first-order chi connectivity index (χ1) is 5.17. The Morgan fingerprint density at radius 1 is 1.67 bits per heavy atom. The van der Waals surface area contributed by atoms with Crippen molar-refractivity contribution < 1.29 is 43.6 Å². The Balaban J connectivity index is 0. The van der Waals surface area contributed by atoms with Gasteiger partial charge in [-0.15, -0.1) is 0 Å². The van der Waals surface area contributed by atoms with Crippen molar-refractivity contribution in [2.24, 2.45) is 0 Å². The molecule has 1 N–H and O–H groups in total. The van der Waals surface area contributed by atoms with Crippen LogP contribution in [0.15, 0.2) is 23.4 Å². The zero-order chi connectivity index (χ0) is 8.32. The smallest absolute Gasteiger partial charge is 1.00 e. The van der Waals surface area contributed by atoms with Crippen molar-refractivity contribution in [2.75, 3.05) is 6.61 Å². The summed E-state index contributed by atoms with van der Waals surface area (Å²) in [6, 6.07) is 3.05. The molecule has 0 spiro atoms. The molecule has 12 heavy (non-hydrogen) atoms. The summed E-state index contributed by atoms with van der Waals surface area (Å²) in [5.74, 6) is 0. The first kappa shape index (κ1) is 12.2. The van der Waals surface area contributed by atoms with Crippen molar-refractivity contribution in [1.82, 2.24) is 4.98 Å². The van der Waals surface area contributed by atoms with Gasteiger partial charge < -0.3 is 6.41 Å². The third-order valence-electron chi connectivity index (χ3n) is 1.11. The van der Waals surface area contributed by atoms with E-state index in [9.17, 15) is 8.42 Å². The van der Waals surface area contributed by atoms with Crippen LogP contribution >= 0.6 is 0 Å². The van der Waals surface area contributed by atoms with Crippen LogP contribution in [0.3, 0.4) is 0 Å². The maximum Gasteiger partial charge on any atom is 1.00 e. The van der Waals surface area contributed by atoms with Crippen LogP contribution in [-0.2, 0) is 14.3 Å². The largest absolute Gasteiger partial charge is 1.00 e. The third kappa shape index (κ3) is 2.91. The molecule has 0 saturated carbocycles. The van der Waals surface area contributed by atoms with Crippen molar-refractivity contribution >= 4 is 10.1 Å². The van der Waals surface area contributed by atoms with E-state index < -0.39 is 10.1 Å². The number of aromatic nitrogens is 1. The molecule has 0 saturated heterocycles. The average molecular weight is 199 g/mol. The summed E-state index contributed by atoms with van der Waals surface area (Å²) in [5.41, 5.74) is 0. The fourth-order valence-electron chi connectivity index (χ4n) is 0.688. The van der Waals surface area contributed by atoms with Gasteiger partial charge in [0.2, 0.25) is 0 Å². The second kappa shape index (κ2) is 5.04. The summed E-state index contributed by atoms with van der Waals surface area (Å²) in [6.07, 6.45) is 1.53. The molecular weight excluding hydrogens is 189 g/mol. The molecule has 4 nitrogen and oxygen atoms in total. The van der Waals surface area contributed by atoms with Crippen molar-refractivity contribution in [3.8, 4) is 0 Å². The van der Waals surface area contributed by atoms with Crippen LogP contribution < -0.4 is 29.6 Å². The molecule has 0 atom stereocenters. The molecule has 0 amide bonds. The number of rotatable bonds is 3. The molecule has 1 aromatic rings. The molecule has 1 rings (SSSR count). The van der Waals surface area contributed by atoms with Crippen molar-refractivity contribution in [3.05, 3.63) is 18.3 Å². The molecule has 0 aliphatic rings. The monoisotopic (exact) mass is 199 g/mol. The topological polar surface area (TPSA) is 59.2 Å². The second-order valence-electron chi connectivity index (χ2n) is 1.90. The zero-order valence-corrected chi connectivity index (χ0v) is 9.89. The maximum absolute atomic E-state index is 11.0. The molecule has 1 heterocycles. The van der Waals surface area contributed by atoms with Gasteiger partial charge in [0.05, 0.1) is 6.61 Å². The Morgan fingerprint density at radius 2 is 2.33 bits per heavy atom. The number of H-pyrrole nitrogens is 1. The minimum atomic E-state index is -3.52. The molecule has 0 fully saturated rings. The Kier molecular flexibility index (Phi) is 5.12. The van der Waals surface area contributed by atoms with Crippen LogP contribution in [0.2, 0.25) is 0 Å².